The van der Waals surface area contributed by atoms with E-state index in [4.69, 9.17) is 0 Å². The lowest BCUT2D eigenvalue weighted by Crippen LogP contribution is -2.33. The number of hydrogen-bond acceptors (Lipinski definition) is 4. The van der Waals surface area contributed by atoms with Crippen LogP contribution in [0.2, 0.25) is 0 Å². The first-order valence-electron chi connectivity index (χ1n) is 6.65. The highest BCUT2D eigenvalue weighted by molar-refractivity contribution is 7.13. The van der Waals surface area contributed by atoms with E-state index >= 15 is 0 Å². The second-order valence-electron chi connectivity index (χ2n) is 5.00. The Morgan fingerprint density at radius 1 is 1.47 bits per heavy atom. The standard InChI is InChI=1S/C14H22N4S/c1-11(2)18(3)7-6-15-9-12-10-16-17-14(12)13-5-4-8-19-13/h4-5,8,10-11,15H,6-7,9H2,1-3H3,(H,16,17). The first-order chi connectivity index (χ1) is 9.18. The first kappa shape index (κ1) is 14.2. The molecule has 0 atom stereocenters. The Morgan fingerprint density at radius 3 is 3.00 bits per heavy atom. The van der Waals surface area contributed by atoms with E-state index in [-0.39, 0.29) is 0 Å². The maximum atomic E-state index is 4.15. The molecule has 0 aliphatic rings. The van der Waals surface area contributed by atoms with E-state index in [1.54, 1.807) is 11.3 Å². The molecule has 2 N–H and O–H groups in total. The normalized spacial score (nSPS) is 11.6. The second-order valence-corrected chi connectivity index (χ2v) is 5.95. The lowest BCUT2D eigenvalue weighted by molar-refractivity contribution is 0.273. The number of likely N-dealkylation sites (N-methyl/N-ethyl adjacent to an activating group) is 1. The quantitative estimate of drug-likeness (QED) is 0.765. The third-order valence-corrected chi connectivity index (χ3v) is 4.21. The molecule has 0 amide bonds. The fraction of sp³-hybridized carbons (Fsp3) is 0.500. The summed E-state index contributed by atoms with van der Waals surface area (Å²) < 4.78 is 0. The van der Waals surface area contributed by atoms with E-state index in [2.05, 4.69) is 58.8 Å². The van der Waals surface area contributed by atoms with Crippen molar-refractivity contribution in [3.05, 3.63) is 29.3 Å². The molecule has 0 radical (unpaired) electrons. The molecule has 0 unspecified atom stereocenters. The maximum Gasteiger partial charge on any atom is 0.0794 e. The molecular formula is C14H22N4S. The minimum absolute atomic E-state index is 0.595. The molecule has 4 nitrogen and oxygen atoms in total. The van der Waals surface area contributed by atoms with E-state index < -0.39 is 0 Å². The van der Waals surface area contributed by atoms with Crippen LogP contribution in [-0.2, 0) is 6.54 Å². The van der Waals surface area contributed by atoms with Gasteiger partial charge in [0.05, 0.1) is 16.8 Å². The number of aromatic amines is 1. The number of nitrogens with one attached hydrogen (secondary N) is 2. The highest BCUT2D eigenvalue weighted by atomic mass is 32.1. The fourth-order valence-corrected chi connectivity index (χ4v) is 2.57. The van der Waals surface area contributed by atoms with Crippen molar-refractivity contribution in [1.82, 2.24) is 20.4 Å². The topological polar surface area (TPSA) is 44.0 Å². The zero-order valence-corrected chi connectivity index (χ0v) is 12.6. The van der Waals surface area contributed by atoms with Crippen molar-refractivity contribution in [3.8, 4) is 10.6 Å². The van der Waals surface area contributed by atoms with Crippen LogP contribution in [0, 0.1) is 0 Å². The molecule has 0 spiro atoms. The molecule has 0 aliphatic heterocycles. The van der Waals surface area contributed by atoms with Gasteiger partial charge in [0.15, 0.2) is 0 Å². The van der Waals surface area contributed by atoms with Gasteiger partial charge in [-0.25, -0.2) is 0 Å². The van der Waals surface area contributed by atoms with Crippen molar-refractivity contribution in [3.63, 3.8) is 0 Å². The Hall–Kier alpha value is -1.17. The van der Waals surface area contributed by atoms with Crippen LogP contribution in [-0.4, -0.2) is 41.3 Å². The largest absolute Gasteiger partial charge is 0.311 e. The van der Waals surface area contributed by atoms with Crippen molar-refractivity contribution < 1.29 is 0 Å². The third-order valence-electron chi connectivity index (χ3n) is 3.32. The smallest absolute Gasteiger partial charge is 0.0794 e. The predicted octanol–water partition coefficient (Wildman–Crippen LogP) is 2.57. The average molecular weight is 278 g/mol. The van der Waals surface area contributed by atoms with Crippen LogP contribution in [0.1, 0.15) is 19.4 Å². The van der Waals surface area contributed by atoms with Gasteiger partial charge in [-0.1, -0.05) is 6.07 Å². The number of aromatic nitrogens is 2. The van der Waals surface area contributed by atoms with Crippen LogP contribution in [0.4, 0.5) is 0 Å². The lowest BCUT2D eigenvalue weighted by Gasteiger charge is -2.20. The number of hydrogen-bond donors (Lipinski definition) is 2. The van der Waals surface area contributed by atoms with Crippen molar-refractivity contribution >= 4 is 11.3 Å². The van der Waals surface area contributed by atoms with Crippen LogP contribution in [0.5, 0.6) is 0 Å². The molecule has 0 aromatic carbocycles. The third kappa shape index (κ3) is 3.89. The molecule has 0 fully saturated rings. The van der Waals surface area contributed by atoms with Crippen molar-refractivity contribution in [2.45, 2.75) is 26.4 Å². The number of rotatable bonds is 7. The average Bonchev–Trinajstić information content (AvgIpc) is 3.04. The lowest BCUT2D eigenvalue weighted by atomic mass is 10.2. The molecular weight excluding hydrogens is 256 g/mol. The predicted molar refractivity (Wildman–Crippen MR) is 81.4 cm³/mol. The van der Waals surface area contributed by atoms with Crippen molar-refractivity contribution in [2.24, 2.45) is 0 Å². The summed E-state index contributed by atoms with van der Waals surface area (Å²) in [6.45, 7) is 7.33. The molecule has 2 heterocycles. The van der Waals surface area contributed by atoms with E-state index in [9.17, 15) is 0 Å². The summed E-state index contributed by atoms with van der Waals surface area (Å²) in [5, 5.41) is 12.8. The molecule has 19 heavy (non-hydrogen) atoms. The van der Waals surface area contributed by atoms with Gasteiger partial charge in [0.25, 0.3) is 0 Å². The number of H-pyrrole nitrogens is 1. The van der Waals surface area contributed by atoms with Crippen molar-refractivity contribution in [2.75, 3.05) is 20.1 Å². The molecule has 104 valence electrons. The van der Waals surface area contributed by atoms with Crippen LogP contribution in [0.15, 0.2) is 23.7 Å². The minimum Gasteiger partial charge on any atom is -0.311 e. The summed E-state index contributed by atoms with van der Waals surface area (Å²) in [6.07, 6.45) is 1.91. The first-order valence-corrected chi connectivity index (χ1v) is 7.53. The monoisotopic (exact) mass is 278 g/mol. The summed E-state index contributed by atoms with van der Waals surface area (Å²) >= 11 is 1.74. The fourth-order valence-electron chi connectivity index (χ4n) is 1.82. The summed E-state index contributed by atoms with van der Waals surface area (Å²) in [7, 11) is 2.15. The SMILES string of the molecule is CC(C)N(C)CCNCc1cn[nH]c1-c1cccs1. The Morgan fingerprint density at radius 2 is 2.32 bits per heavy atom. The Labute approximate surface area is 118 Å². The Balaban J connectivity index is 1.83. The zero-order valence-electron chi connectivity index (χ0n) is 11.8. The molecule has 0 bridgehead atoms. The number of thiophene rings is 1. The number of nitrogens with zero attached hydrogens (tertiary/aromatic N) is 2. The maximum absolute atomic E-state index is 4.15. The van der Waals surface area contributed by atoms with Gasteiger partial charge >= 0.3 is 0 Å². The van der Waals surface area contributed by atoms with Gasteiger partial charge in [-0.05, 0) is 32.3 Å². The summed E-state index contributed by atoms with van der Waals surface area (Å²) in [4.78, 5) is 3.58. The molecule has 0 aliphatic carbocycles. The van der Waals surface area contributed by atoms with Gasteiger partial charge in [0, 0.05) is 31.2 Å². The highest BCUT2D eigenvalue weighted by Crippen LogP contribution is 2.25. The minimum atomic E-state index is 0.595. The summed E-state index contributed by atoms with van der Waals surface area (Å²) in [5.74, 6) is 0. The van der Waals surface area contributed by atoms with Crippen LogP contribution >= 0.6 is 11.3 Å². The Kier molecular flexibility index (Phi) is 5.13. The van der Waals surface area contributed by atoms with Crippen LogP contribution in [0.25, 0.3) is 10.6 Å². The van der Waals surface area contributed by atoms with Gasteiger partial charge in [-0.2, -0.15) is 5.10 Å². The molecule has 5 heteroatoms. The van der Waals surface area contributed by atoms with E-state index in [0.29, 0.717) is 6.04 Å². The van der Waals surface area contributed by atoms with Gasteiger partial charge in [0.1, 0.15) is 0 Å². The van der Waals surface area contributed by atoms with Crippen molar-refractivity contribution in [1.29, 1.82) is 0 Å². The summed E-state index contributed by atoms with van der Waals surface area (Å²) in [6, 6.07) is 4.78. The van der Waals surface area contributed by atoms with E-state index in [1.807, 2.05) is 6.20 Å². The van der Waals surface area contributed by atoms with Crippen LogP contribution in [0.3, 0.4) is 0 Å². The second kappa shape index (κ2) is 6.84. The van der Waals surface area contributed by atoms with E-state index in [1.165, 1.54) is 10.4 Å². The van der Waals surface area contributed by atoms with E-state index in [0.717, 1.165) is 25.3 Å². The van der Waals surface area contributed by atoms with Gasteiger partial charge < -0.3 is 10.2 Å². The Bertz CT molecular complexity index is 475. The van der Waals surface area contributed by atoms with Gasteiger partial charge in [-0.3, -0.25) is 5.10 Å². The van der Waals surface area contributed by atoms with Gasteiger partial charge in [0.2, 0.25) is 0 Å². The van der Waals surface area contributed by atoms with Gasteiger partial charge in [-0.15, -0.1) is 11.3 Å². The molecule has 2 aromatic rings. The molecule has 0 saturated heterocycles. The molecule has 2 rings (SSSR count). The molecule has 2 aromatic heterocycles. The highest BCUT2D eigenvalue weighted by Gasteiger charge is 2.08. The summed E-state index contributed by atoms with van der Waals surface area (Å²) in [5.41, 5.74) is 2.37. The van der Waals surface area contributed by atoms with Crippen LogP contribution < -0.4 is 5.32 Å². The zero-order chi connectivity index (χ0) is 13.7. The molecule has 0 saturated carbocycles.